The van der Waals surface area contributed by atoms with Gasteiger partial charge in [-0.1, -0.05) is 52.5 Å². The fourth-order valence-electron chi connectivity index (χ4n) is 1.99. The van der Waals surface area contributed by atoms with Crippen molar-refractivity contribution in [3.63, 3.8) is 0 Å². The Morgan fingerprint density at radius 1 is 1.00 bits per heavy atom. The molecule has 1 aromatic heterocycles. The van der Waals surface area contributed by atoms with Crippen molar-refractivity contribution in [2.75, 3.05) is 5.32 Å². The minimum atomic E-state index is -0.355. The van der Waals surface area contributed by atoms with Gasteiger partial charge in [0, 0.05) is 15.1 Å². The molecule has 0 unspecified atom stereocenters. The molecule has 1 amide bonds. The first-order valence-corrected chi connectivity index (χ1v) is 8.43. The van der Waals surface area contributed by atoms with Crippen molar-refractivity contribution in [1.82, 2.24) is 0 Å². The Morgan fingerprint density at radius 3 is 2.50 bits per heavy atom. The highest BCUT2D eigenvalue weighted by Crippen LogP contribution is 2.40. The molecule has 3 aromatic rings. The summed E-state index contributed by atoms with van der Waals surface area (Å²) in [6.07, 6.45) is 0. The average Bonchev–Trinajstić information content (AvgIpc) is 2.81. The molecule has 0 fully saturated rings. The van der Waals surface area contributed by atoms with Crippen molar-refractivity contribution in [3.05, 3.63) is 61.4 Å². The molecule has 1 N–H and O–H groups in total. The molecule has 2 aromatic carbocycles. The maximum absolute atomic E-state index is 12.4. The van der Waals surface area contributed by atoms with Crippen LogP contribution < -0.4 is 5.32 Å². The highest BCUT2D eigenvalue weighted by Gasteiger charge is 2.19. The van der Waals surface area contributed by atoms with Crippen molar-refractivity contribution in [1.29, 1.82) is 0 Å². The summed E-state index contributed by atoms with van der Waals surface area (Å²) in [6.45, 7) is 0. The van der Waals surface area contributed by atoms with Crippen LogP contribution in [0.25, 0.3) is 10.1 Å². The van der Waals surface area contributed by atoms with E-state index in [0.717, 1.165) is 4.70 Å². The van der Waals surface area contributed by atoms with Crippen LogP contribution in [-0.2, 0) is 0 Å². The fraction of sp³-hybridized carbons (Fsp3) is 0. The van der Waals surface area contributed by atoms with Crippen LogP contribution in [0.4, 0.5) is 5.69 Å². The van der Waals surface area contributed by atoms with Gasteiger partial charge in [0.25, 0.3) is 5.91 Å². The molecule has 0 radical (unpaired) electrons. The summed E-state index contributed by atoms with van der Waals surface area (Å²) in [7, 11) is 0. The van der Waals surface area contributed by atoms with E-state index in [0.29, 0.717) is 36.0 Å². The van der Waals surface area contributed by atoms with Crippen LogP contribution in [0, 0.1) is 0 Å². The fourth-order valence-corrected chi connectivity index (χ4v) is 4.18. The summed E-state index contributed by atoms with van der Waals surface area (Å²) < 4.78 is 0.847. The lowest BCUT2D eigenvalue weighted by molar-refractivity contribution is 0.103. The van der Waals surface area contributed by atoms with Crippen molar-refractivity contribution >= 4 is 79.4 Å². The molecule has 0 aliphatic carbocycles. The normalized spacial score (nSPS) is 10.9. The second-order valence-corrected chi connectivity index (χ2v) is 7.12. The first-order chi connectivity index (χ1) is 10.5. The van der Waals surface area contributed by atoms with Gasteiger partial charge in [0.05, 0.1) is 20.8 Å². The van der Waals surface area contributed by atoms with E-state index in [1.54, 1.807) is 24.3 Å². The Balaban J connectivity index is 2.01. The standard InChI is InChI=1S/C15H7Cl4NOS/c16-7-4-5-8(17)10(6-7)20-15(21)14-13(19)12-9(18)2-1-3-11(12)22-14/h1-6H,(H,20,21). The maximum atomic E-state index is 12.4. The largest absolute Gasteiger partial charge is 0.320 e. The number of fused-ring (bicyclic) bond motifs is 1. The summed E-state index contributed by atoms with van der Waals surface area (Å²) >= 11 is 25.7. The number of nitrogens with one attached hydrogen (secondary N) is 1. The highest BCUT2D eigenvalue weighted by molar-refractivity contribution is 7.21. The second kappa shape index (κ2) is 6.26. The molecule has 0 saturated heterocycles. The lowest BCUT2D eigenvalue weighted by Gasteiger charge is -2.06. The Hall–Kier alpha value is -0.970. The van der Waals surface area contributed by atoms with E-state index >= 15 is 0 Å². The number of anilines is 1. The van der Waals surface area contributed by atoms with Gasteiger partial charge in [-0.15, -0.1) is 11.3 Å². The van der Waals surface area contributed by atoms with E-state index in [4.69, 9.17) is 46.4 Å². The predicted molar refractivity (Wildman–Crippen MR) is 96.3 cm³/mol. The number of carbonyl (C=O) groups excluding carboxylic acids is 1. The van der Waals surface area contributed by atoms with Gasteiger partial charge >= 0.3 is 0 Å². The molecule has 0 aliphatic heterocycles. The number of benzene rings is 2. The molecule has 0 atom stereocenters. The van der Waals surface area contributed by atoms with Crippen molar-refractivity contribution in [2.24, 2.45) is 0 Å². The zero-order chi connectivity index (χ0) is 15.9. The molecule has 2 nitrogen and oxygen atoms in total. The minimum absolute atomic E-state index is 0.334. The summed E-state index contributed by atoms with van der Waals surface area (Å²) in [5, 5.41) is 5.12. The van der Waals surface area contributed by atoms with Crippen molar-refractivity contribution in [3.8, 4) is 0 Å². The van der Waals surface area contributed by atoms with Crippen molar-refractivity contribution in [2.45, 2.75) is 0 Å². The van der Waals surface area contributed by atoms with Gasteiger partial charge in [0.2, 0.25) is 0 Å². The lowest BCUT2D eigenvalue weighted by Crippen LogP contribution is -2.11. The number of amides is 1. The van der Waals surface area contributed by atoms with E-state index < -0.39 is 0 Å². The third kappa shape index (κ3) is 2.92. The van der Waals surface area contributed by atoms with Crippen LogP contribution in [0.2, 0.25) is 20.1 Å². The summed E-state index contributed by atoms with van der Waals surface area (Å²) in [5.74, 6) is -0.355. The molecule has 22 heavy (non-hydrogen) atoms. The summed E-state index contributed by atoms with van der Waals surface area (Å²) in [4.78, 5) is 12.8. The molecule has 7 heteroatoms. The maximum Gasteiger partial charge on any atom is 0.267 e. The van der Waals surface area contributed by atoms with Gasteiger partial charge in [0.1, 0.15) is 4.88 Å². The van der Waals surface area contributed by atoms with E-state index in [9.17, 15) is 4.79 Å². The molecule has 112 valence electrons. The molecule has 0 bridgehead atoms. The SMILES string of the molecule is O=C(Nc1cc(Cl)ccc1Cl)c1sc2cccc(Cl)c2c1Cl. The number of carbonyl (C=O) groups is 1. The van der Waals surface area contributed by atoms with Gasteiger partial charge < -0.3 is 5.32 Å². The van der Waals surface area contributed by atoms with Gasteiger partial charge in [-0.2, -0.15) is 0 Å². The summed E-state index contributed by atoms with van der Waals surface area (Å²) in [5.41, 5.74) is 0.429. The molecule has 0 aliphatic rings. The number of rotatable bonds is 2. The molecule has 3 rings (SSSR count). The Bertz CT molecular complexity index is 891. The van der Waals surface area contributed by atoms with Gasteiger partial charge in [0.15, 0.2) is 0 Å². The number of hydrogen-bond donors (Lipinski definition) is 1. The molecular weight excluding hydrogens is 384 g/mol. The Morgan fingerprint density at radius 2 is 1.77 bits per heavy atom. The minimum Gasteiger partial charge on any atom is -0.320 e. The topological polar surface area (TPSA) is 29.1 Å². The Kier molecular flexibility index (Phi) is 4.53. The third-order valence-electron chi connectivity index (χ3n) is 2.99. The first kappa shape index (κ1) is 15.9. The number of thiophene rings is 1. The Labute approximate surface area is 150 Å². The monoisotopic (exact) mass is 389 g/mol. The molecular formula is C15H7Cl4NOS. The van der Waals surface area contributed by atoms with Crippen LogP contribution in [0.3, 0.4) is 0 Å². The van der Waals surface area contributed by atoms with Crippen LogP contribution in [-0.4, -0.2) is 5.91 Å². The van der Waals surface area contributed by atoms with E-state index in [2.05, 4.69) is 5.32 Å². The van der Waals surface area contributed by atoms with Gasteiger partial charge in [-0.05, 0) is 30.3 Å². The lowest BCUT2D eigenvalue weighted by atomic mass is 10.2. The van der Waals surface area contributed by atoms with E-state index in [1.807, 2.05) is 12.1 Å². The van der Waals surface area contributed by atoms with E-state index in [1.165, 1.54) is 11.3 Å². The van der Waals surface area contributed by atoms with Crippen LogP contribution >= 0.6 is 57.7 Å². The quantitative estimate of drug-likeness (QED) is 0.514. The summed E-state index contributed by atoms with van der Waals surface area (Å²) in [6, 6.07) is 10.2. The zero-order valence-electron chi connectivity index (χ0n) is 10.8. The van der Waals surface area contributed by atoms with Gasteiger partial charge in [-0.25, -0.2) is 0 Å². The van der Waals surface area contributed by atoms with Crippen LogP contribution in [0.1, 0.15) is 9.67 Å². The zero-order valence-corrected chi connectivity index (χ0v) is 14.6. The van der Waals surface area contributed by atoms with E-state index in [-0.39, 0.29) is 5.91 Å². The first-order valence-electron chi connectivity index (χ1n) is 6.10. The average molecular weight is 391 g/mol. The molecule has 1 heterocycles. The second-order valence-electron chi connectivity index (χ2n) is 4.44. The van der Waals surface area contributed by atoms with Crippen LogP contribution in [0.5, 0.6) is 0 Å². The highest BCUT2D eigenvalue weighted by atomic mass is 35.5. The van der Waals surface area contributed by atoms with Crippen LogP contribution in [0.15, 0.2) is 36.4 Å². The smallest absolute Gasteiger partial charge is 0.267 e. The number of halogens is 4. The van der Waals surface area contributed by atoms with Gasteiger partial charge in [-0.3, -0.25) is 4.79 Å². The molecule has 0 saturated carbocycles. The number of hydrogen-bond acceptors (Lipinski definition) is 2. The molecule has 0 spiro atoms. The predicted octanol–water partition coefficient (Wildman–Crippen LogP) is 6.77. The van der Waals surface area contributed by atoms with Crippen molar-refractivity contribution < 1.29 is 4.79 Å². The third-order valence-corrected chi connectivity index (χ3v) is 5.51.